The van der Waals surface area contributed by atoms with Gasteiger partial charge in [0.1, 0.15) is 11.8 Å². The second-order valence-corrected chi connectivity index (χ2v) is 2.82. The quantitative estimate of drug-likeness (QED) is 0.588. The Hall–Kier alpha value is -1.19. The molecular weight excluding hydrogens is 147 g/mol. The number of nitrogens with zero attached hydrogens (tertiary/aromatic N) is 2. The molecule has 1 aromatic heterocycles. The summed E-state index contributed by atoms with van der Waals surface area (Å²) in [5, 5.41) is 3.73. The first-order valence-corrected chi connectivity index (χ1v) is 3.44. The van der Waals surface area contributed by atoms with Crippen molar-refractivity contribution in [3.63, 3.8) is 0 Å². The van der Waals surface area contributed by atoms with Gasteiger partial charge in [0.25, 0.3) is 0 Å². The van der Waals surface area contributed by atoms with Crippen molar-refractivity contribution in [1.82, 2.24) is 9.78 Å². The van der Waals surface area contributed by atoms with E-state index in [0.29, 0.717) is 0 Å². The molecule has 58 valence electrons. The van der Waals surface area contributed by atoms with Crippen LogP contribution < -0.4 is 0 Å². The van der Waals surface area contributed by atoms with Gasteiger partial charge in [0.05, 0.1) is 12.4 Å². The average molecular weight is 154 g/mol. The standard InChI is InChI=1S/C7H7FN2O/c8-6-3-9-10(4-6)7(5-11)1-2-7/h3-5H,1-2H2. The maximum absolute atomic E-state index is 12.4. The molecule has 1 aromatic rings. The van der Waals surface area contributed by atoms with Crippen LogP contribution in [0, 0.1) is 5.82 Å². The van der Waals surface area contributed by atoms with Gasteiger partial charge in [-0.15, -0.1) is 0 Å². The first-order chi connectivity index (χ1) is 5.27. The molecule has 1 fully saturated rings. The van der Waals surface area contributed by atoms with Gasteiger partial charge < -0.3 is 4.79 Å². The van der Waals surface area contributed by atoms with E-state index in [2.05, 4.69) is 5.10 Å². The molecule has 3 nitrogen and oxygen atoms in total. The minimum Gasteiger partial charge on any atom is -0.301 e. The molecule has 0 saturated heterocycles. The summed E-state index contributed by atoms with van der Waals surface area (Å²) in [6.07, 6.45) is 4.75. The molecule has 0 bridgehead atoms. The third-order valence-electron chi connectivity index (χ3n) is 1.99. The van der Waals surface area contributed by atoms with E-state index >= 15 is 0 Å². The van der Waals surface area contributed by atoms with E-state index in [1.807, 2.05) is 0 Å². The van der Waals surface area contributed by atoms with Crippen molar-refractivity contribution in [3.8, 4) is 0 Å². The summed E-state index contributed by atoms with van der Waals surface area (Å²) in [7, 11) is 0. The van der Waals surface area contributed by atoms with Gasteiger partial charge in [-0.25, -0.2) is 4.39 Å². The fourth-order valence-corrected chi connectivity index (χ4v) is 1.07. The third kappa shape index (κ3) is 0.859. The minimum absolute atomic E-state index is 0.391. The maximum Gasteiger partial charge on any atom is 0.161 e. The number of aldehydes is 1. The van der Waals surface area contributed by atoms with Crippen LogP contribution in [-0.2, 0) is 10.3 Å². The summed E-state index contributed by atoms with van der Waals surface area (Å²) in [4.78, 5) is 10.5. The molecule has 0 aliphatic heterocycles. The number of hydrogen-bond acceptors (Lipinski definition) is 2. The topological polar surface area (TPSA) is 34.9 Å². The van der Waals surface area contributed by atoms with Gasteiger partial charge >= 0.3 is 0 Å². The Morgan fingerprint density at radius 1 is 1.73 bits per heavy atom. The van der Waals surface area contributed by atoms with E-state index < -0.39 is 11.4 Å². The highest BCUT2D eigenvalue weighted by atomic mass is 19.1. The molecule has 0 amide bonds. The molecule has 4 heteroatoms. The lowest BCUT2D eigenvalue weighted by atomic mass is 10.3. The largest absolute Gasteiger partial charge is 0.301 e. The molecule has 11 heavy (non-hydrogen) atoms. The van der Waals surface area contributed by atoms with E-state index in [4.69, 9.17) is 0 Å². The predicted octanol–water partition coefficient (Wildman–Crippen LogP) is 0.710. The molecule has 0 unspecified atom stereocenters. The zero-order valence-corrected chi connectivity index (χ0v) is 5.83. The lowest BCUT2D eigenvalue weighted by Gasteiger charge is -2.04. The van der Waals surface area contributed by atoms with Crippen LogP contribution in [0.25, 0.3) is 0 Å². The van der Waals surface area contributed by atoms with Crippen molar-refractivity contribution in [3.05, 3.63) is 18.2 Å². The zero-order valence-electron chi connectivity index (χ0n) is 5.83. The molecule has 2 rings (SSSR count). The van der Waals surface area contributed by atoms with Crippen molar-refractivity contribution in [2.45, 2.75) is 18.4 Å². The molecular formula is C7H7FN2O. The number of carbonyl (C=O) groups excluding carboxylic acids is 1. The molecule has 1 heterocycles. The lowest BCUT2D eigenvalue weighted by molar-refractivity contribution is -0.111. The van der Waals surface area contributed by atoms with E-state index in [1.165, 1.54) is 10.9 Å². The van der Waals surface area contributed by atoms with Gasteiger partial charge in [-0.3, -0.25) is 4.68 Å². The van der Waals surface area contributed by atoms with Crippen LogP contribution in [0.2, 0.25) is 0 Å². The van der Waals surface area contributed by atoms with Crippen molar-refractivity contribution in [2.24, 2.45) is 0 Å². The molecule has 0 radical (unpaired) electrons. The van der Waals surface area contributed by atoms with Crippen LogP contribution in [0.4, 0.5) is 4.39 Å². The molecule has 0 atom stereocenters. The summed E-state index contributed by atoms with van der Waals surface area (Å²) < 4.78 is 13.8. The van der Waals surface area contributed by atoms with Crippen LogP contribution in [0.15, 0.2) is 12.4 Å². The number of carbonyl (C=O) groups is 1. The summed E-state index contributed by atoms with van der Waals surface area (Å²) in [6.45, 7) is 0. The number of hydrogen-bond donors (Lipinski definition) is 0. The van der Waals surface area contributed by atoms with Gasteiger partial charge in [-0.05, 0) is 12.8 Å². The van der Waals surface area contributed by atoms with Gasteiger partial charge in [0.15, 0.2) is 5.82 Å². The zero-order chi connectivity index (χ0) is 7.90. The second kappa shape index (κ2) is 1.90. The Labute approximate surface area is 62.8 Å². The van der Waals surface area contributed by atoms with Gasteiger partial charge in [-0.1, -0.05) is 0 Å². The first kappa shape index (κ1) is 6.52. The minimum atomic E-state index is -0.510. The number of rotatable bonds is 2. The average Bonchev–Trinajstić information content (AvgIpc) is 2.70. The highest BCUT2D eigenvalue weighted by Crippen LogP contribution is 2.40. The van der Waals surface area contributed by atoms with Gasteiger partial charge in [-0.2, -0.15) is 5.10 Å². The van der Waals surface area contributed by atoms with E-state index in [-0.39, 0.29) is 0 Å². The van der Waals surface area contributed by atoms with Crippen LogP contribution in [-0.4, -0.2) is 16.1 Å². The molecule has 1 aliphatic carbocycles. The molecule has 0 aromatic carbocycles. The smallest absolute Gasteiger partial charge is 0.161 e. The molecule has 0 spiro atoms. The van der Waals surface area contributed by atoms with E-state index in [1.54, 1.807) is 0 Å². The Kier molecular flexibility index (Phi) is 1.13. The summed E-state index contributed by atoms with van der Waals surface area (Å²) in [5.41, 5.74) is -0.510. The number of aromatic nitrogens is 2. The van der Waals surface area contributed by atoms with Gasteiger partial charge in [0, 0.05) is 0 Å². The number of halogens is 1. The van der Waals surface area contributed by atoms with Crippen LogP contribution in [0.1, 0.15) is 12.8 Å². The molecule has 1 aliphatic rings. The summed E-state index contributed by atoms with van der Waals surface area (Å²) in [6, 6.07) is 0. The lowest BCUT2D eigenvalue weighted by Crippen LogP contribution is -2.18. The third-order valence-corrected chi connectivity index (χ3v) is 1.99. The second-order valence-electron chi connectivity index (χ2n) is 2.82. The van der Waals surface area contributed by atoms with Crippen LogP contribution in [0.5, 0.6) is 0 Å². The summed E-state index contributed by atoms with van der Waals surface area (Å²) in [5.74, 6) is -0.391. The Bertz CT molecular complexity index is 290. The molecule has 1 saturated carbocycles. The van der Waals surface area contributed by atoms with Crippen molar-refractivity contribution >= 4 is 6.29 Å². The van der Waals surface area contributed by atoms with Crippen molar-refractivity contribution in [1.29, 1.82) is 0 Å². The van der Waals surface area contributed by atoms with E-state index in [9.17, 15) is 9.18 Å². The van der Waals surface area contributed by atoms with Crippen molar-refractivity contribution in [2.75, 3.05) is 0 Å². The Morgan fingerprint density at radius 2 is 2.45 bits per heavy atom. The van der Waals surface area contributed by atoms with E-state index in [0.717, 1.165) is 25.3 Å². The highest BCUT2D eigenvalue weighted by Gasteiger charge is 2.45. The predicted molar refractivity (Wildman–Crippen MR) is 35.5 cm³/mol. The van der Waals surface area contributed by atoms with Gasteiger partial charge in [0.2, 0.25) is 0 Å². The Balaban J connectivity index is 2.36. The maximum atomic E-state index is 12.4. The monoisotopic (exact) mass is 154 g/mol. The fraction of sp³-hybridized carbons (Fsp3) is 0.429. The highest BCUT2D eigenvalue weighted by molar-refractivity contribution is 5.65. The Morgan fingerprint density at radius 3 is 2.82 bits per heavy atom. The summed E-state index contributed by atoms with van der Waals surface area (Å²) >= 11 is 0. The first-order valence-electron chi connectivity index (χ1n) is 3.44. The normalized spacial score (nSPS) is 19.7. The van der Waals surface area contributed by atoms with Crippen molar-refractivity contribution < 1.29 is 9.18 Å². The molecule has 0 N–H and O–H groups in total. The van der Waals surface area contributed by atoms with Crippen LogP contribution in [0.3, 0.4) is 0 Å². The SMILES string of the molecule is O=CC1(n2cc(F)cn2)CC1. The fourth-order valence-electron chi connectivity index (χ4n) is 1.07. The van der Waals surface area contributed by atoms with Crippen LogP contribution >= 0.6 is 0 Å².